The molecule has 0 amide bonds. The molecule has 1 atom stereocenters. The number of rotatable bonds is 3. The summed E-state index contributed by atoms with van der Waals surface area (Å²) in [6.45, 7) is 0. The van der Waals surface area contributed by atoms with Crippen LogP contribution in [0.2, 0.25) is 0 Å². The Kier molecular flexibility index (Phi) is 6.59. The summed E-state index contributed by atoms with van der Waals surface area (Å²) in [6, 6.07) is 62.0. The van der Waals surface area contributed by atoms with Crippen molar-refractivity contribution in [1.29, 1.82) is 0 Å². The van der Waals surface area contributed by atoms with E-state index in [1.54, 1.807) is 0 Å². The monoisotopic (exact) mass is 716 g/mol. The van der Waals surface area contributed by atoms with E-state index in [1.807, 2.05) is 42.6 Å². The van der Waals surface area contributed by atoms with Gasteiger partial charge in [0.25, 0.3) is 0 Å². The molecular formula is C50H32N6. The highest BCUT2D eigenvalue weighted by Crippen LogP contribution is 2.44. The molecule has 262 valence electrons. The third-order valence-electron chi connectivity index (χ3n) is 11.3. The summed E-state index contributed by atoms with van der Waals surface area (Å²) < 4.78 is 4.84. The van der Waals surface area contributed by atoms with E-state index in [-0.39, 0.29) is 6.04 Å². The average Bonchev–Trinajstić information content (AvgIpc) is 3.80. The number of aliphatic imine (C=N–C) groups is 3. The summed E-state index contributed by atoms with van der Waals surface area (Å²) >= 11 is 0. The second-order valence-electron chi connectivity index (χ2n) is 14.5. The molecule has 10 aromatic rings. The van der Waals surface area contributed by atoms with E-state index in [0.29, 0.717) is 5.84 Å². The molecule has 0 saturated heterocycles. The van der Waals surface area contributed by atoms with Crippen molar-refractivity contribution < 1.29 is 0 Å². The minimum atomic E-state index is -0.309. The summed E-state index contributed by atoms with van der Waals surface area (Å²) in [6.07, 6.45) is 1.98. The van der Waals surface area contributed by atoms with Crippen molar-refractivity contribution in [3.63, 3.8) is 0 Å². The Morgan fingerprint density at radius 2 is 0.911 bits per heavy atom. The van der Waals surface area contributed by atoms with Crippen LogP contribution in [0.3, 0.4) is 0 Å². The van der Waals surface area contributed by atoms with E-state index in [1.165, 1.54) is 32.4 Å². The molecule has 6 nitrogen and oxygen atoms in total. The van der Waals surface area contributed by atoms with Crippen molar-refractivity contribution in [2.75, 3.05) is 0 Å². The zero-order valence-corrected chi connectivity index (χ0v) is 30.1. The van der Waals surface area contributed by atoms with Crippen molar-refractivity contribution in [3.8, 4) is 5.69 Å². The molecule has 12 rings (SSSR count). The van der Waals surface area contributed by atoms with Gasteiger partial charge in [-0.25, -0.2) is 15.0 Å². The zero-order chi connectivity index (χ0) is 36.7. The lowest BCUT2D eigenvalue weighted by Crippen LogP contribution is -2.45. The Morgan fingerprint density at radius 1 is 0.411 bits per heavy atom. The Balaban J connectivity index is 1.26. The van der Waals surface area contributed by atoms with Crippen LogP contribution in [0.25, 0.3) is 76.5 Å². The van der Waals surface area contributed by atoms with E-state index in [2.05, 4.69) is 154 Å². The molecule has 1 unspecified atom stereocenters. The number of aromatic nitrogens is 2. The first-order chi connectivity index (χ1) is 27.8. The second-order valence-corrected chi connectivity index (χ2v) is 14.5. The first-order valence-corrected chi connectivity index (χ1v) is 19.0. The van der Waals surface area contributed by atoms with Crippen LogP contribution in [0.15, 0.2) is 197 Å². The zero-order valence-electron chi connectivity index (χ0n) is 30.1. The predicted molar refractivity (Wildman–Crippen MR) is 233 cm³/mol. The number of nitrogens with zero attached hydrogens (tertiary/aromatic N) is 5. The fourth-order valence-corrected chi connectivity index (χ4v) is 8.88. The Hall–Kier alpha value is -7.57. The summed E-state index contributed by atoms with van der Waals surface area (Å²) in [5.41, 5.74) is 9.23. The van der Waals surface area contributed by atoms with Gasteiger partial charge in [0.15, 0.2) is 5.84 Å². The molecule has 0 spiro atoms. The molecule has 0 bridgehead atoms. The first kappa shape index (κ1) is 30.8. The van der Waals surface area contributed by atoms with Crippen molar-refractivity contribution >= 4 is 88.9 Å². The fraction of sp³-hybridized carbons (Fsp3) is 0.0200. The standard InChI is InChI=1S/C50H32N6/c1-4-16-33(17-5-1)43-44-42(30-51-49(53-44)34-18-6-2-7-19-34)52-50(54-43)56-46-37-23-13-11-15-32(37)25-27-39(46)41-29-28-40-38-26-24-31-14-10-12-22-36(31)45(38)55(47(40)48(41)56)35-20-8-3-9-21-35/h1-30,42H,(H,52,54). The number of fused-ring (bicyclic) bond motifs is 12. The molecule has 2 aliphatic rings. The highest BCUT2D eigenvalue weighted by molar-refractivity contribution is 6.31. The van der Waals surface area contributed by atoms with Gasteiger partial charge in [-0.2, -0.15) is 0 Å². The molecule has 56 heavy (non-hydrogen) atoms. The largest absolute Gasteiger partial charge is 0.342 e. The van der Waals surface area contributed by atoms with E-state index < -0.39 is 0 Å². The van der Waals surface area contributed by atoms with Crippen molar-refractivity contribution in [1.82, 2.24) is 14.5 Å². The molecule has 2 aromatic heterocycles. The minimum absolute atomic E-state index is 0.309. The van der Waals surface area contributed by atoms with Crippen LogP contribution in [0.5, 0.6) is 0 Å². The minimum Gasteiger partial charge on any atom is -0.342 e. The van der Waals surface area contributed by atoms with Gasteiger partial charge in [-0.1, -0.05) is 164 Å². The normalized spacial score (nSPS) is 15.5. The number of benzene rings is 8. The van der Waals surface area contributed by atoms with Crippen LogP contribution in [-0.2, 0) is 0 Å². The maximum Gasteiger partial charge on any atom is 0.209 e. The Labute approximate surface area is 321 Å². The van der Waals surface area contributed by atoms with Gasteiger partial charge in [-0.3, -0.25) is 4.57 Å². The topological polar surface area (TPSA) is 59.0 Å². The molecule has 0 saturated carbocycles. The van der Waals surface area contributed by atoms with Gasteiger partial charge >= 0.3 is 0 Å². The van der Waals surface area contributed by atoms with Crippen LogP contribution < -0.4 is 5.32 Å². The molecule has 4 heterocycles. The highest BCUT2D eigenvalue weighted by Gasteiger charge is 2.31. The van der Waals surface area contributed by atoms with Crippen molar-refractivity contribution in [2.45, 2.75) is 6.04 Å². The number of hydrogen-bond donors (Lipinski definition) is 1. The second kappa shape index (κ2) is 12.0. The van der Waals surface area contributed by atoms with Crippen LogP contribution in [0.4, 0.5) is 0 Å². The van der Waals surface area contributed by atoms with Gasteiger partial charge in [0.2, 0.25) is 5.96 Å². The molecule has 0 aliphatic carbocycles. The molecule has 1 N–H and O–H groups in total. The van der Waals surface area contributed by atoms with Crippen LogP contribution in [0.1, 0.15) is 11.1 Å². The highest BCUT2D eigenvalue weighted by atomic mass is 15.3. The van der Waals surface area contributed by atoms with E-state index in [4.69, 9.17) is 15.0 Å². The molecule has 2 aliphatic heterocycles. The number of amidine groups is 1. The molecule has 0 radical (unpaired) electrons. The van der Waals surface area contributed by atoms with Crippen LogP contribution >= 0.6 is 0 Å². The lowest BCUT2D eigenvalue weighted by atomic mass is 10.0. The van der Waals surface area contributed by atoms with Gasteiger partial charge in [0, 0.05) is 55.3 Å². The third kappa shape index (κ3) is 4.47. The smallest absolute Gasteiger partial charge is 0.209 e. The Morgan fingerprint density at radius 3 is 1.55 bits per heavy atom. The average molecular weight is 717 g/mol. The quantitative estimate of drug-likeness (QED) is 0.194. The number of nitrogens with one attached hydrogen (secondary N) is 1. The fourth-order valence-electron chi connectivity index (χ4n) is 8.88. The lowest BCUT2D eigenvalue weighted by Gasteiger charge is -2.28. The van der Waals surface area contributed by atoms with E-state index >= 15 is 0 Å². The van der Waals surface area contributed by atoms with Crippen molar-refractivity contribution in [3.05, 3.63) is 193 Å². The summed E-state index contributed by atoms with van der Waals surface area (Å²) in [5.74, 6) is 1.40. The van der Waals surface area contributed by atoms with Gasteiger partial charge in [0.1, 0.15) is 6.04 Å². The summed E-state index contributed by atoms with van der Waals surface area (Å²) in [4.78, 5) is 15.7. The van der Waals surface area contributed by atoms with Crippen LogP contribution in [-0.4, -0.2) is 33.2 Å². The van der Waals surface area contributed by atoms with Crippen molar-refractivity contribution in [2.24, 2.45) is 15.0 Å². The predicted octanol–water partition coefficient (Wildman–Crippen LogP) is 11.3. The van der Waals surface area contributed by atoms with Gasteiger partial charge < -0.3 is 9.88 Å². The molecular weight excluding hydrogens is 685 g/mol. The van der Waals surface area contributed by atoms with E-state index in [9.17, 15) is 0 Å². The molecule has 6 heteroatoms. The number of hydrogen-bond acceptors (Lipinski definition) is 4. The van der Waals surface area contributed by atoms with Crippen LogP contribution in [0, 0.1) is 0 Å². The SMILES string of the molecule is C1=NC(c2ccccc2)=NC2=C(c3ccccc3)N=C(n3c4c5ccccc5ccc4c4ccc5c6ccc7ccccc7c6n(-c6ccccc6)c5c43)NC12. The van der Waals surface area contributed by atoms with E-state index in [0.717, 1.165) is 66.9 Å². The summed E-state index contributed by atoms with van der Waals surface area (Å²) in [5, 5.41) is 13.3. The molecule has 0 fully saturated rings. The van der Waals surface area contributed by atoms with Gasteiger partial charge in [0.05, 0.1) is 33.5 Å². The first-order valence-electron chi connectivity index (χ1n) is 19.0. The van der Waals surface area contributed by atoms with Gasteiger partial charge in [-0.15, -0.1) is 0 Å². The maximum absolute atomic E-state index is 5.60. The Bertz CT molecular complexity index is 3370. The number of para-hydroxylation sites is 1. The third-order valence-corrected chi connectivity index (χ3v) is 11.3. The maximum atomic E-state index is 5.60. The molecule has 8 aromatic carbocycles. The summed E-state index contributed by atoms with van der Waals surface area (Å²) in [7, 11) is 0. The van der Waals surface area contributed by atoms with Gasteiger partial charge in [-0.05, 0) is 22.9 Å². The lowest BCUT2D eigenvalue weighted by molar-refractivity contribution is 0.821.